The number of hydrogen-bond acceptors (Lipinski definition) is 3. The van der Waals surface area contributed by atoms with E-state index in [0.717, 1.165) is 0 Å². The number of amides is 1. The zero-order chi connectivity index (χ0) is 11.0. The summed E-state index contributed by atoms with van der Waals surface area (Å²) in [5.74, 6) is -0.000735. The van der Waals surface area contributed by atoms with Crippen molar-refractivity contribution in [2.24, 2.45) is 0 Å². The second kappa shape index (κ2) is 7.76. The van der Waals surface area contributed by atoms with Gasteiger partial charge in [-0.05, 0) is 20.8 Å². The first-order valence-corrected chi connectivity index (χ1v) is 5.01. The minimum atomic E-state index is -0.000735. The van der Waals surface area contributed by atoms with Crippen LogP contribution in [0.2, 0.25) is 0 Å². The van der Waals surface area contributed by atoms with Crippen molar-refractivity contribution in [3.05, 3.63) is 0 Å². The number of likely N-dealkylation sites (N-methyl/N-ethyl adjacent to an activating group) is 1. The lowest BCUT2D eigenvalue weighted by Crippen LogP contribution is -2.33. The van der Waals surface area contributed by atoms with Crippen LogP contribution in [0.4, 0.5) is 0 Å². The Labute approximate surface area is 86.2 Å². The summed E-state index contributed by atoms with van der Waals surface area (Å²) in [5.41, 5.74) is 0. The third-order valence-electron chi connectivity index (χ3n) is 1.73. The highest BCUT2D eigenvalue weighted by Gasteiger charge is 2.07. The molecule has 0 saturated heterocycles. The topological polar surface area (TPSA) is 38.8 Å². The van der Waals surface area contributed by atoms with Gasteiger partial charge in [0.2, 0.25) is 5.91 Å². The second-order valence-corrected chi connectivity index (χ2v) is 3.37. The van der Waals surface area contributed by atoms with E-state index >= 15 is 0 Å². The van der Waals surface area contributed by atoms with Crippen LogP contribution in [0.1, 0.15) is 20.8 Å². The number of nitrogens with zero attached hydrogens (tertiary/aromatic N) is 1. The van der Waals surface area contributed by atoms with E-state index in [4.69, 9.17) is 9.47 Å². The molecule has 0 aromatic heterocycles. The monoisotopic (exact) mass is 203 g/mol. The molecule has 0 radical (unpaired) electrons. The van der Waals surface area contributed by atoms with Gasteiger partial charge in [-0.2, -0.15) is 0 Å². The summed E-state index contributed by atoms with van der Waals surface area (Å²) < 4.78 is 10.3. The summed E-state index contributed by atoms with van der Waals surface area (Å²) in [6, 6.07) is 0. The Morgan fingerprint density at radius 1 is 1.43 bits per heavy atom. The standard InChI is InChI=1S/C10H21NO3/c1-5-13-8-10(12)11(4)6-7-14-9(2)3/h9H,5-8H2,1-4H3. The van der Waals surface area contributed by atoms with E-state index in [9.17, 15) is 4.79 Å². The highest BCUT2D eigenvalue weighted by atomic mass is 16.5. The molecule has 4 nitrogen and oxygen atoms in total. The Balaban J connectivity index is 3.51. The SMILES string of the molecule is CCOCC(=O)N(C)CCOC(C)C. The van der Waals surface area contributed by atoms with Gasteiger partial charge < -0.3 is 14.4 Å². The van der Waals surface area contributed by atoms with Crippen LogP contribution in [0.25, 0.3) is 0 Å². The van der Waals surface area contributed by atoms with Crippen molar-refractivity contribution in [3.63, 3.8) is 0 Å². The van der Waals surface area contributed by atoms with E-state index in [0.29, 0.717) is 19.8 Å². The third kappa shape index (κ3) is 6.86. The number of rotatable bonds is 7. The summed E-state index contributed by atoms with van der Waals surface area (Å²) in [6.07, 6.45) is 0.213. The fourth-order valence-corrected chi connectivity index (χ4v) is 0.850. The predicted octanol–water partition coefficient (Wildman–Crippen LogP) is 0.906. The molecule has 0 atom stereocenters. The first-order chi connectivity index (χ1) is 6.57. The van der Waals surface area contributed by atoms with Gasteiger partial charge in [-0.1, -0.05) is 0 Å². The summed E-state index contributed by atoms with van der Waals surface area (Å²) in [6.45, 7) is 7.74. The lowest BCUT2D eigenvalue weighted by molar-refractivity contribution is -0.135. The minimum Gasteiger partial charge on any atom is -0.377 e. The van der Waals surface area contributed by atoms with Gasteiger partial charge in [0.25, 0.3) is 0 Å². The van der Waals surface area contributed by atoms with Crippen molar-refractivity contribution in [1.82, 2.24) is 4.90 Å². The molecule has 0 rings (SSSR count). The van der Waals surface area contributed by atoms with Gasteiger partial charge in [0.1, 0.15) is 6.61 Å². The molecule has 14 heavy (non-hydrogen) atoms. The summed E-state index contributed by atoms with van der Waals surface area (Å²) in [4.78, 5) is 12.9. The number of hydrogen-bond donors (Lipinski definition) is 0. The van der Waals surface area contributed by atoms with Crippen LogP contribution >= 0.6 is 0 Å². The number of carbonyl (C=O) groups is 1. The Hall–Kier alpha value is -0.610. The highest BCUT2D eigenvalue weighted by Crippen LogP contribution is 1.91. The van der Waals surface area contributed by atoms with Crippen LogP contribution in [-0.4, -0.2) is 50.3 Å². The average molecular weight is 203 g/mol. The van der Waals surface area contributed by atoms with Gasteiger partial charge in [-0.15, -0.1) is 0 Å². The quantitative estimate of drug-likeness (QED) is 0.617. The Morgan fingerprint density at radius 3 is 2.57 bits per heavy atom. The fraction of sp³-hybridized carbons (Fsp3) is 0.900. The molecule has 0 aliphatic heterocycles. The van der Waals surface area contributed by atoms with Crippen molar-refractivity contribution < 1.29 is 14.3 Å². The normalized spacial score (nSPS) is 10.6. The first kappa shape index (κ1) is 13.4. The van der Waals surface area contributed by atoms with E-state index in [-0.39, 0.29) is 18.6 Å². The van der Waals surface area contributed by atoms with E-state index in [1.807, 2.05) is 20.8 Å². The molecule has 4 heteroatoms. The van der Waals surface area contributed by atoms with Crippen molar-refractivity contribution in [3.8, 4) is 0 Å². The lowest BCUT2D eigenvalue weighted by Gasteiger charge is -2.17. The molecule has 0 saturated carbocycles. The molecular formula is C10H21NO3. The summed E-state index contributed by atoms with van der Waals surface area (Å²) in [5, 5.41) is 0. The van der Waals surface area contributed by atoms with Crippen LogP contribution in [0.5, 0.6) is 0 Å². The van der Waals surface area contributed by atoms with Crippen LogP contribution in [0, 0.1) is 0 Å². The molecule has 0 unspecified atom stereocenters. The summed E-state index contributed by atoms with van der Waals surface area (Å²) >= 11 is 0. The smallest absolute Gasteiger partial charge is 0.248 e. The molecule has 0 spiro atoms. The van der Waals surface area contributed by atoms with Crippen LogP contribution in [0.3, 0.4) is 0 Å². The van der Waals surface area contributed by atoms with Crippen LogP contribution in [-0.2, 0) is 14.3 Å². The molecule has 0 fully saturated rings. The van der Waals surface area contributed by atoms with Crippen molar-refractivity contribution >= 4 is 5.91 Å². The van der Waals surface area contributed by atoms with Crippen LogP contribution < -0.4 is 0 Å². The van der Waals surface area contributed by atoms with Crippen molar-refractivity contribution in [2.45, 2.75) is 26.9 Å². The Kier molecular flexibility index (Phi) is 7.42. The van der Waals surface area contributed by atoms with Crippen molar-refractivity contribution in [1.29, 1.82) is 0 Å². The maximum atomic E-state index is 11.3. The Bertz CT molecular complexity index is 159. The molecule has 0 aromatic rings. The minimum absolute atomic E-state index is 0.000735. The van der Waals surface area contributed by atoms with Crippen LogP contribution in [0.15, 0.2) is 0 Å². The number of carbonyl (C=O) groups excluding carboxylic acids is 1. The largest absolute Gasteiger partial charge is 0.377 e. The zero-order valence-electron chi connectivity index (χ0n) is 9.58. The van der Waals surface area contributed by atoms with Gasteiger partial charge in [-0.25, -0.2) is 0 Å². The molecule has 0 aromatic carbocycles. The predicted molar refractivity (Wildman–Crippen MR) is 55.2 cm³/mol. The molecule has 0 heterocycles. The number of ether oxygens (including phenoxy) is 2. The molecule has 1 amide bonds. The average Bonchev–Trinajstić information content (AvgIpc) is 2.13. The van der Waals surface area contributed by atoms with Gasteiger partial charge in [0, 0.05) is 20.2 Å². The summed E-state index contributed by atoms with van der Waals surface area (Å²) in [7, 11) is 1.76. The van der Waals surface area contributed by atoms with E-state index in [1.165, 1.54) is 0 Å². The lowest BCUT2D eigenvalue weighted by atomic mass is 10.4. The Morgan fingerprint density at radius 2 is 2.07 bits per heavy atom. The molecule has 0 N–H and O–H groups in total. The second-order valence-electron chi connectivity index (χ2n) is 3.37. The van der Waals surface area contributed by atoms with E-state index in [1.54, 1.807) is 11.9 Å². The highest BCUT2D eigenvalue weighted by molar-refractivity contribution is 5.77. The molecule has 0 aliphatic carbocycles. The van der Waals surface area contributed by atoms with E-state index < -0.39 is 0 Å². The maximum absolute atomic E-state index is 11.3. The van der Waals surface area contributed by atoms with Gasteiger partial charge in [-0.3, -0.25) is 4.79 Å². The fourth-order valence-electron chi connectivity index (χ4n) is 0.850. The zero-order valence-corrected chi connectivity index (χ0v) is 9.58. The van der Waals surface area contributed by atoms with Gasteiger partial charge in [0.05, 0.1) is 12.7 Å². The van der Waals surface area contributed by atoms with Gasteiger partial charge in [0.15, 0.2) is 0 Å². The molecule has 0 aliphatic rings. The maximum Gasteiger partial charge on any atom is 0.248 e. The molecule has 0 bridgehead atoms. The van der Waals surface area contributed by atoms with E-state index in [2.05, 4.69) is 0 Å². The van der Waals surface area contributed by atoms with Crippen molar-refractivity contribution in [2.75, 3.05) is 33.4 Å². The molecular weight excluding hydrogens is 182 g/mol. The third-order valence-corrected chi connectivity index (χ3v) is 1.73. The molecule has 84 valence electrons. The van der Waals surface area contributed by atoms with Gasteiger partial charge >= 0.3 is 0 Å². The first-order valence-electron chi connectivity index (χ1n) is 5.01.